The molecule has 0 aliphatic heterocycles. The van der Waals surface area contributed by atoms with Gasteiger partial charge in [-0.1, -0.05) is 0 Å². The molecule has 0 radical (unpaired) electrons. The highest BCUT2D eigenvalue weighted by molar-refractivity contribution is 7.21. The van der Waals surface area contributed by atoms with Gasteiger partial charge in [0, 0.05) is 16.0 Å². The van der Waals surface area contributed by atoms with Crippen molar-refractivity contribution < 1.29 is 63.1 Å². The molecular weight excluding hydrogens is 606 g/mol. The average Bonchev–Trinajstić information content (AvgIpc) is 3.57. The first-order chi connectivity index (χ1) is 18.7. The summed E-state index contributed by atoms with van der Waals surface area (Å²) in [4.78, 5) is 48.3. The van der Waals surface area contributed by atoms with Crippen molar-refractivity contribution in [1.82, 2.24) is 0 Å². The lowest BCUT2D eigenvalue weighted by molar-refractivity contribution is 0.0818. The number of rotatable bonds is 4. The van der Waals surface area contributed by atoms with Crippen molar-refractivity contribution in [3.8, 4) is 10.4 Å². The van der Waals surface area contributed by atoms with Crippen LogP contribution in [0.15, 0.2) is 12.1 Å². The molecule has 2 aromatic heterocycles. The molecule has 1 aliphatic rings. The largest absolute Gasteiger partial charge is 0.287 e. The van der Waals surface area contributed by atoms with Gasteiger partial charge in [-0.05, 0) is 12.1 Å². The summed E-state index contributed by atoms with van der Waals surface area (Å²) < 4.78 is 138. The Balaban J connectivity index is 1.64. The van der Waals surface area contributed by atoms with Gasteiger partial charge in [0.2, 0.25) is 34.8 Å². The molecule has 5 rings (SSSR count). The summed E-state index contributed by atoms with van der Waals surface area (Å²) in [6.45, 7) is 0. The Labute approximate surface area is 221 Å². The van der Waals surface area contributed by atoms with E-state index in [2.05, 4.69) is 0 Å². The second kappa shape index (κ2) is 9.19. The van der Waals surface area contributed by atoms with Crippen LogP contribution in [-0.2, 0) is 0 Å². The van der Waals surface area contributed by atoms with Gasteiger partial charge in [0.15, 0.2) is 46.5 Å². The number of Topliss-reactive ketones (excluding diaryl/α,β-unsaturated/α-hetero) is 2. The van der Waals surface area contributed by atoms with Crippen LogP contribution in [0.5, 0.6) is 0 Å². The molecule has 0 atom stereocenters. The number of benzene rings is 2. The Bertz CT molecular complexity index is 1700. The maximum absolute atomic E-state index is 14.2. The maximum atomic E-state index is 14.2. The van der Waals surface area contributed by atoms with Crippen LogP contribution in [0.3, 0.4) is 0 Å². The summed E-state index contributed by atoms with van der Waals surface area (Å²) in [6.07, 6.45) is 0. The molecule has 2 aromatic carbocycles. The van der Waals surface area contributed by atoms with Gasteiger partial charge < -0.3 is 0 Å². The Kier molecular flexibility index (Phi) is 6.29. The summed E-state index contributed by atoms with van der Waals surface area (Å²) in [5.41, 5.74) is -4.63. The molecule has 0 N–H and O–H groups in total. The number of hydrogen-bond donors (Lipinski definition) is 0. The Morgan fingerprint density at radius 3 is 1.18 bits per heavy atom. The van der Waals surface area contributed by atoms with E-state index in [9.17, 15) is 63.1 Å². The van der Waals surface area contributed by atoms with Crippen molar-refractivity contribution in [2.75, 3.05) is 0 Å². The number of fused-ring (bicyclic) bond motifs is 3. The minimum Gasteiger partial charge on any atom is -0.287 e. The van der Waals surface area contributed by atoms with Gasteiger partial charge >= 0.3 is 0 Å². The number of carbonyl (C=O) groups excluding carboxylic acids is 4. The van der Waals surface area contributed by atoms with E-state index in [0.29, 0.717) is 6.07 Å². The summed E-state index contributed by atoms with van der Waals surface area (Å²) in [5, 5.41) is 0. The van der Waals surface area contributed by atoms with Crippen LogP contribution in [0.4, 0.5) is 43.9 Å². The van der Waals surface area contributed by atoms with Crippen LogP contribution >= 0.6 is 22.7 Å². The predicted octanol–water partition coefficient (Wildman–Crippen LogP) is 6.71. The van der Waals surface area contributed by atoms with Gasteiger partial charge in [-0.25, -0.2) is 43.9 Å². The van der Waals surface area contributed by atoms with Crippen LogP contribution in [0.1, 0.15) is 50.5 Å². The quantitative estimate of drug-likeness (QED) is 0.0850. The molecule has 204 valence electrons. The van der Waals surface area contributed by atoms with E-state index < -0.39 is 113 Å². The zero-order valence-corrected chi connectivity index (χ0v) is 20.0. The average molecular weight is 608 g/mol. The van der Waals surface area contributed by atoms with E-state index >= 15 is 0 Å². The highest BCUT2D eigenvalue weighted by Gasteiger charge is 2.39. The number of ketones is 4. The highest BCUT2D eigenvalue weighted by atomic mass is 32.1. The standard InChI is InChI=1S/C24H2F10O4S2/c25-9-7(10(26)14(30)17(33)13(9)29)20(36)5-1-3-19(35)22(38)24-4(23(3)39-5)2-6(40-24)21(37)8-11(27)15(31)18(34)16(32)12(8)28/h1-2H. The van der Waals surface area contributed by atoms with Crippen molar-refractivity contribution in [1.29, 1.82) is 0 Å². The van der Waals surface area contributed by atoms with E-state index in [-0.39, 0.29) is 33.1 Å². The van der Waals surface area contributed by atoms with Gasteiger partial charge in [-0.3, -0.25) is 19.2 Å². The molecule has 0 unspecified atom stereocenters. The lowest BCUT2D eigenvalue weighted by Crippen LogP contribution is -2.18. The van der Waals surface area contributed by atoms with Gasteiger partial charge in [0.1, 0.15) is 11.1 Å². The number of hydrogen-bond acceptors (Lipinski definition) is 6. The molecule has 4 aromatic rings. The van der Waals surface area contributed by atoms with Crippen LogP contribution in [0, 0.1) is 58.2 Å². The first-order valence-electron chi connectivity index (χ1n) is 10.2. The third-order valence-electron chi connectivity index (χ3n) is 5.69. The minimum absolute atomic E-state index is 0.140. The summed E-state index contributed by atoms with van der Waals surface area (Å²) in [7, 11) is 0. The van der Waals surface area contributed by atoms with Crippen molar-refractivity contribution in [3.63, 3.8) is 0 Å². The Morgan fingerprint density at radius 2 is 0.775 bits per heavy atom. The second-order valence-electron chi connectivity index (χ2n) is 7.91. The van der Waals surface area contributed by atoms with E-state index in [1.54, 1.807) is 0 Å². The SMILES string of the molecule is O=C1C(=O)c2sc(C(=O)c3c(F)c(F)c(F)c(F)c3F)cc2-c2sc(C(=O)c3c(F)c(F)c(F)c(F)c3F)cc21. The lowest BCUT2D eigenvalue weighted by atomic mass is 9.94. The van der Waals surface area contributed by atoms with Crippen molar-refractivity contribution in [2.45, 2.75) is 0 Å². The first kappa shape index (κ1) is 27.4. The molecule has 0 fully saturated rings. The fourth-order valence-corrected chi connectivity index (χ4v) is 6.03. The van der Waals surface area contributed by atoms with Gasteiger partial charge in [-0.15, -0.1) is 22.7 Å². The molecular formula is C24H2F10O4S2. The minimum atomic E-state index is -2.54. The fourth-order valence-electron chi connectivity index (χ4n) is 3.79. The van der Waals surface area contributed by atoms with Crippen LogP contribution < -0.4 is 0 Å². The van der Waals surface area contributed by atoms with E-state index in [4.69, 9.17) is 0 Å². The molecule has 2 heterocycles. The van der Waals surface area contributed by atoms with Crippen LogP contribution in [-0.4, -0.2) is 23.1 Å². The Hall–Kier alpha value is -4.18. The molecule has 0 amide bonds. The van der Waals surface area contributed by atoms with E-state index in [1.165, 1.54) is 0 Å². The smallest absolute Gasteiger partial charge is 0.244 e. The molecule has 40 heavy (non-hydrogen) atoms. The zero-order chi connectivity index (χ0) is 29.5. The molecule has 0 saturated carbocycles. The highest BCUT2D eigenvalue weighted by Crippen LogP contribution is 2.45. The molecule has 0 spiro atoms. The van der Waals surface area contributed by atoms with Gasteiger partial charge in [-0.2, -0.15) is 0 Å². The monoisotopic (exact) mass is 608 g/mol. The van der Waals surface area contributed by atoms with E-state index in [0.717, 1.165) is 6.07 Å². The summed E-state index contributed by atoms with van der Waals surface area (Å²) >= 11 is 0.378. The molecule has 16 heteroatoms. The van der Waals surface area contributed by atoms with Crippen molar-refractivity contribution in [3.05, 3.63) is 102 Å². The third kappa shape index (κ3) is 3.66. The molecule has 1 aliphatic carbocycles. The summed E-state index contributed by atoms with van der Waals surface area (Å²) in [5.74, 6) is -30.8. The second-order valence-corrected chi connectivity index (χ2v) is 10.0. The van der Waals surface area contributed by atoms with Crippen molar-refractivity contribution in [2.24, 2.45) is 0 Å². The summed E-state index contributed by atoms with van der Waals surface area (Å²) in [6, 6.07) is 1.37. The van der Waals surface area contributed by atoms with E-state index in [1.807, 2.05) is 0 Å². The number of thiophene rings is 2. The van der Waals surface area contributed by atoms with Crippen LogP contribution in [0.2, 0.25) is 0 Å². The van der Waals surface area contributed by atoms with Crippen molar-refractivity contribution >= 4 is 45.8 Å². The normalized spacial score (nSPS) is 12.6. The first-order valence-corrected chi connectivity index (χ1v) is 11.8. The van der Waals surface area contributed by atoms with Crippen LogP contribution in [0.25, 0.3) is 10.4 Å². The predicted molar refractivity (Wildman–Crippen MR) is 116 cm³/mol. The van der Waals surface area contributed by atoms with Gasteiger partial charge in [0.05, 0.1) is 14.6 Å². The third-order valence-corrected chi connectivity index (χ3v) is 7.99. The van der Waals surface area contributed by atoms with Gasteiger partial charge in [0.25, 0.3) is 0 Å². The lowest BCUT2D eigenvalue weighted by Gasteiger charge is -2.08. The number of halogens is 10. The maximum Gasteiger partial charge on any atom is 0.244 e. The topological polar surface area (TPSA) is 68.3 Å². The molecule has 0 bridgehead atoms. The fraction of sp³-hybridized carbons (Fsp3) is 0. The Morgan fingerprint density at radius 1 is 0.450 bits per heavy atom. The molecule has 0 saturated heterocycles. The zero-order valence-electron chi connectivity index (χ0n) is 18.4. The number of carbonyl (C=O) groups is 4. The molecule has 4 nitrogen and oxygen atoms in total.